The van der Waals surface area contributed by atoms with Crippen molar-refractivity contribution in [2.45, 2.75) is 6.92 Å². The minimum Gasteiger partial charge on any atom is -0.492 e. The molecule has 1 rings (SSSR count). The lowest BCUT2D eigenvalue weighted by atomic mass is 10.3. The van der Waals surface area contributed by atoms with Crippen molar-refractivity contribution < 1.29 is 4.74 Å². The van der Waals surface area contributed by atoms with Crippen molar-refractivity contribution in [3.05, 3.63) is 28.7 Å². The normalized spacial score (nSPS) is 10.0. The Morgan fingerprint density at radius 3 is 3.00 bits per heavy atom. The number of halogens is 1. The summed E-state index contributed by atoms with van der Waals surface area (Å²) in [4.78, 5) is 0. The van der Waals surface area contributed by atoms with Gasteiger partial charge in [-0.2, -0.15) is 0 Å². The third-order valence-corrected chi connectivity index (χ3v) is 2.09. The largest absolute Gasteiger partial charge is 0.492 e. The van der Waals surface area contributed by atoms with Crippen LogP contribution in [0.4, 0.5) is 0 Å². The highest BCUT2D eigenvalue weighted by Gasteiger charge is 1.93. The van der Waals surface area contributed by atoms with E-state index in [0.717, 1.165) is 23.3 Å². The summed E-state index contributed by atoms with van der Waals surface area (Å²) >= 11 is 3.39. The summed E-state index contributed by atoms with van der Waals surface area (Å²) in [6.45, 7) is 4.67. The Morgan fingerprint density at radius 2 is 2.31 bits per heavy atom. The van der Waals surface area contributed by atoms with Crippen LogP contribution in [0.15, 0.2) is 28.7 Å². The van der Waals surface area contributed by atoms with Crippen molar-refractivity contribution in [2.75, 3.05) is 19.7 Å². The van der Waals surface area contributed by atoms with E-state index < -0.39 is 0 Å². The minimum atomic E-state index is 0.713. The first-order chi connectivity index (χ1) is 6.33. The molecule has 1 N–H and O–H groups in total. The molecule has 0 aliphatic rings. The maximum absolute atomic E-state index is 5.50. The first-order valence-electron chi connectivity index (χ1n) is 4.42. The Kier molecular flexibility index (Phi) is 4.86. The first-order valence-corrected chi connectivity index (χ1v) is 5.21. The molecular formula is C10H14BrNO. The molecule has 72 valence electrons. The summed E-state index contributed by atoms with van der Waals surface area (Å²) in [7, 11) is 0. The third kappa shape index (κ3) is 4.29. The maximum atomic E-state index is 5.50. The lowest BCUT2D eigenvalue weighted by molar-refractivity contribution is 0.315. The molecule has 0 amide bonds. The van der Waals surface area contributed by atoms with Gasteiger partial charge in [-0.15, -0.1) is 0 Å². The molecule has 0 atom stereocenters. The van der Waals surface area contributed by atoms with Gasteiger partial charge in [0.2, 0.25) is 0 Å². The second-order valence-electron chi connectivity index (χ2n) is 2.66. The summed E-state index contributed by atoms with van der Waals surface area (Å²) < 4.78 is 6.55. The quantitative estimate of drug-likeness (QED) is 0.803. The predicted octanol–water partition coefficient (Wildman–Crippen LogP) is 2.44. The average Bonchev–Trinajstić information content (AvgIpc) is 2.13. The van der Waals surface area contributed by atoms with Crippen LogP contribution in [0.2, 0.25) is 0 Å². The molecule has 0 aliphatic carbocycles. The molecule has 0 radical (unpaired) electrons. The number of benzene rings is 1. The van der Waals surface area contributed by atoms with Crippen molar-refractivity contribution in [3.63, 3.8) is 0 Å². The van der Waals surface area contributed by atoms with Gasteiger partial charge >= 0.3 is 0 Å². The van der Waals surface area contributed by atoms with E-state index in [4.69, 9.17) is 4.74 Å². The van der Waals surface area contributed by atoms with Crippen LogP contribution in [-0.4, -0.2) is 19.7 Å². The van der Waals surface area contributed by atoms with E-state index in [-0.39, 0.29) is 0 Å². The molecule has 3 heteroatoms. The van der Waals surface area contributed by atoms with Crippen LogP contribution in [0, 0.1) is 0 Å². The second kappa shape index (κ2) is 6.00. The van der Waals surface area contributed by atoms with Crippen LogP contribution in [0.5, 0.6) is 5.75 Å². The lowest BCUT2D eigenvalue weighted by Crippen LogP contribution is -2.20. The van der Waals surface area contributed by atoms with Gasteiger partial charge in [0.1, 0.15) is 12.4 Å². The second-order valence-corrected chi connectivity index (χ2v) is 3.58. The van der Waals surface area contributed by atoms with Gasteiger partial charge < -0.3 is 10.1 Å². The molecule has 0 aromatic heterocycles. The van der Waals surface area contributed by atoms with E-state index in [0.29, 0.717) is 6.61 Å². The summed E-state index contributed by atoms with van der Waals surface area (Å²) in [6, 6.07) is 7.87. The maximum Gasteiger partial charge on any atom is 0.120 e. The SMILES string of the molecule is CCNCCOc1cccc(Br)c1. The van der Waals surface area contributed by atoms with Gasteiger partial charge in [-0.3, -0.25) is 0 Å². The Morgan fingerprint density at radius 1 is 1.46 bits per heavy atom. The molecule has 0 spiro atoms. The average molecular weight is 244 g/mol. The van der Waals surface area contributed by atoms with Crippen molar-refractivity contribution in [1.29, 1.82) is 0 Å². The third-order valence-electron chi connectivity index (χ3n) is 1.59. The van der Waals surface area contributed by atoms with Gasteiger partial charge in [0.25, 0.3) is 0 Å². The van der Waals surface area contributed by atoms with Crippen LogP contribution in [-0.2, 0) is 0 Å². The van der Waals surface area contributed by atoms with E-state index >= 15 is 0 Å². The molecule has 0 saturated carbocycles. The van der Waals surface area contributed by atoms with Crippen molar-refractivity contribution >= 4 is 15.9 Å². The standard InChI is InChI=1S/C10H14BrNO/c1-2-12-6-7-13-10-5-3-4-9(11)8-10/h3-5,8,12H,2,6-7H2,1H3. The van der Waals surface area contributed by atoms with E-state index in [1.165, 1.54) is 0 Å². The molecule has 13 heavy (non-hydrogen) atoms. The van der Waals surface area contributed by atoms with Crippen LogP contribution in [0.25, 0.3) is 0 Å². The zero-order chi connectivity index (χ0) is 9.52. The minimum absolute atomic E-state index is 0.713. The van der Waals surface area contributed by atoms with Gasteiger partial charge in [0.05, 0.1) is 0 Å². The Balaban J connectivity index is 2.28. The fourth-order valence-corrected chi connectivity index (χ4v) is 1.35. The molecular weight excluding hydrogens is 230 g/mol. The van der Waals surface area contributed by atoms with Crippen LogP contribution in [0.1, 0.15) is 6.92 Å². The molecule has 0 fully saturated rings. The molecule has 0 aliphatic heterocycles. The lowest BCUT2D eigenvalue weighted by Gasteiger charge is -2.06. The summed E-state index contributed by atoms with van der Waals surface area (Å²) in [5.74, 6) is 0.910. The number of likely N-dealkylation sites (N-methyl/N-ethyl adjacent to an activating group) is 1. The highest BCUT2D eigenvalue weighted by Crippen LogP contribution is 2.17. The molecule has 0 heterocycles. The molecule has 0 bridgehead atoms. The van der Waals surface area contributed by atoms with E-state index in [9.17, 15) is 0 Å². The first kappa shape index (κ1) is 10.5. The molecule has 1 aromatic carbocycles. The van der Waals surface area contributed by atoms with E-state index in [1.807, 2.05) is 24.3 Å². The number of rotatable bonds is 5. The highest BCUT2D eigenvalue weighted by molar-refractivity contribution is 9.10. The highest BCUT2D eigenvalue weighted by atomic mass is 79.9. The van der Waals surface area contributed by atoms with Crippen LogP contribution < -0.4 is 10.1 Å². The van der Waals surface area contributed by atoms with Gasteiger partial charge in [-0.05, 0) is 24.7 Å². The predicted molar refractivity (Wildman–Crippen MR) is 58.2 cm³/mol. The fourth-order valence-electron chi connectivity index (χ4n) is 0.975. The zero-order valence-electron chi connectivity index (χ0n) is 7.72. The van der Waals surface area contributed by atoms with Crippen LogP contribution in [0.3, 0.4) is 0 Å². The smallest absolute Gasteiger partial charge is 0.120 e. The van der Waals surface area contributed by atoms with Gasteiger partial charge in [0.15, 0.2) is 0 Å². The zero-order valence-corrected chi connectivity index (χ0v) is 9.30. The van der Waals surface area contributed by atoms with Crippen molar-refractivity contribution in [3.8, 4) is 5.75 Å². The Bertz CT molecular complexity index is 252. The summed E-state index contributed by atoms with van der Waals surface area (Å²) in [5, 5.41) is 3.20. The summed E-state index contributed by atoms with van der Waals surface area (Å²) in [5.41, 5.74) is 0. The topological polar surface area (TPSA) is 21.3 Å². The van der Waals surface area contributed by atoms with E-state index in [1.54, 1.807) is 0 Å². The van der Waals surface area contributed by atoms with Gasteiger partial charge in [0, 0.05) is 11.0 Å². The van der Waals surface area contributed by atoms with Gasteiger partial charge in [-0.25, -0.2) is 0 Å². The molecule has 1 aromatic rings. The molecule has 0 saturated heterocycles. The monoisotopic (exact) mass is 243 g/mol. The summed E-state index contributed by atoms with van der Waals surface area (Å²) in [6.07, 6.45) is 0. The Labute approximate surface area is 87.4 Å². The van der Waals surface area contributed by atoms with Crippen molar-refractivity contribution in [1.82, 2.24) is 5.32 Å². The molecule has 0 unspecified atom stereocenters. The number of hydrogen-bond acceptors (Lipinski definition) is 2. The van der Waals surface area contributed by atoms with E-state index in [2.05, 4.69) is 28.2 Å². The van der Waals surface area contributed by atoms with Crippen molar-refractivity contribution in [2.24, 2.45) is 0 Å². The van der Waals surface area contributed by atoms with Crippen LogP contribution >= 0.6 is 15.9 Å². The molecule has 2 nitrogen and oxygen atoms in total. The van der Waals surface area contributed by atoms with Gasteiger partial charge in [-0.1, -0.05) is 28.9 Å². The number of ether oxygens (including phenoxy) is 1. The number of nitrogens with one attached hydrogen (secondary N) is 1. The number of hydrogen-bond donors (Lipinski definition) is 1. The Hall–Kier alpha value is -0.540. The fraction of sp³-hybridized carbons (Fsp3) is 0.400.